The molecule has 14 heavy (non-hydrogen) atoms. The fraction of sp³-hybridized carbons (Fsp3) is 0.667. The van der Waals surface area contributed by atoms with Crippen molar-refractivity contribution in [3.05, 3.63) is 12.8 Å². The van der Waals surface area contributed by atoms with Gasteiger partial charge in [0.05, 0.1) is 6.17 Å². The van der Waals surface area contributed by atoms with Gasteiger partial charge in [0, 0.05) is 12.6 Å². The van der Waals surface area contributed by atoms with Gasteiger partial charge in [0.1, 0.15) is 0 Å². The first-order chi connectivity index (χ1) is 6.65. The fourth-order valence-electron chi connectivity index (χ4n) is 1.83. The molecule has 3 N–H and O–H groups in total. The Labute approximate surface area is 84.5 Å². The van der Waals surface area contributed by atoms with E-state index in [2.05, 4.69) is 22.5 Å². The third kappa shape index (κ3) is 1.43. The van der Waals surface area contributed by atoms with Crippen molar-refractivity contribution in [1.82, 2.24) is 20.9 Å². The summed E-state index contributed by atoms with van der Waals surface area (Å²) in [5.41, 5.74) is -0.665. The van der Waals surface area contributed by atoms with Gasteiger partial charge >= 0.3 is 0 Å². The summed E-state index contributed by atoms with van der Waals surface area (Å²) in [6.07, 6.45) is 2.22. The van der Waals surface area contributed by atoms with Crippen molar-refractivity contribution in [2.75, 3.05) is 21.1 Å². The Morgan fingerprint density at radius 2 is 2.07 bits per heavy atom. The number of rotatable bonds is 4. The molecule has 1 saturated heterocycles. The van der Waals surface area contributed by atoms with Crippen LogP contribution >= 0.6 is 0 Å². The second-order valence-corrected chi connectivity index (χ2v) is 3.31. The van der Waals surface area contributed by atoms with E-state index in [4.69, 9.17) is 0 Å². The summed E-state index contributed by atoms with van der Waals surface area (Å²) in [6, 6.07) is 0. The minimum Gasteiger partial charge on any atom is -0.301 e. The maximum absolute atomic E-state index is 12.0. The number of hydrogen-bond donors (Lipinski definition) is 3. The topological polar surface area (TPSA) is 56.4 Å². The van der Waals surface area contributed by atoms with Crippen LogP contribution in [-0.4, -0.2) is 43.8 Å². The van der Waals surface area contributed by atoms with Gasteiger partial charge in [-0.05, 0) is 21.1 Å². The summed E-state index contributed by atoms with van der Waals surface area (Å²) in [5, 5.41) is 9.10. The Hall–Kier alpha value is -0.910. The van der Waals surface area contributed by atoms with Crippen LogP contribution in [0.2, 0.25) is 0 Å². The lowest BCUT2D eigenvalue weighted by Gasteiger charge is -2.25. The summed E-state index contributed by atoms with van der Waals surface area (Å²) in [4.78, 5) is 13.6. The summed E-state index contributed by atoms with van der Waals surface area (Å²) >= 11 is 0. The maximum Gasteiger partial charge on any atom is 0.263 e. The Bertz CT molecular complexity index is 237. The highest BCUT2D eigenvalue weighted by Gasteiger charge is 2.48. The van der Waals surface area contributed by atoms with E-state index < -0.39 is 5.66 Å². The summed E-state index contributed by atoms with van der Waals surface area (Å²) in [7, 11) is 5.37. The predicted molar refractivity (Wildman–Crippen MR) is 55.4 cm³/mol. The van der Waals surface area contributed by atoms with Gasteiger partial charge < -0.3 is 4.90 Å². The summed E-state index contributed by atoms with van der Waals surface area (Å²) < 4.78 is 0. The largest absolute Gasteiger partial charge is 0.301 e. The van der Waals surface area contributed by atoms with Crippen LogP contribution in [0, 0.1) is 0 Å². The Kier molecular flexibility index (Phi) is 3.25. The minimum absolute atomic E-state index is 0.0000926. The molecule has 1 heterocycles. The van der Waals surface area contributed by atoms with Crippen LogP contribution in [-0.2, 0) is 4.79 Å². The smallest absolute Gasteiger partial charge is 0.263 e. The lowest BCUT2D eigenvalue weighted by molar-refractivity contribution is -0.132. The molecule has 1 aliphatic rings. The zero-order valence-corrected chi connectivity index (χ0v) is 8.92. The van der Waals surface area contributed by atoms with Crippen molar-refractivity contribution in [2.45, 2.75) is 18.2 Å². The highest BCUT2D eigenvalue weighted by atomic mass is 16.2. The molecule has 1 unspecified atom stereocenters. The molecule has 5 nitrogen and oxygen atoms in total. The molecule has 80 valence electrons. The maximum atomic E-state index is 12.0. The number of hydrogen-bond acceptors (Lipinski definition) is 4. The van der Waals surface area contributed by atoms with Crippen LogP contribution in [0.25, 0.3) is 0 Å². The normalized spacial score (nSPS) is 25.5. The molecular weight excluding hydrogens is 180 g/mol. The van der Waals surface area contributed by atoms with E-state index in [0.717, 1.165) is 0 Å². The molecule has 0 radical (unpaired) electrons. The van der Waals surface area contributed by atoms with Crippen molar-refractivity contribution in [3.8, 4) is 0 Å². The monoisotopic (exact) mass is 198 g/mol. The van der Waals surface area contributed by atoms with Gasteiger partial charge in [0.2, 0.25) is 0 Å². The van der Waals surface area contributed by atoms with Crippen molar-refractivity contribution < 1.29 is 4.79 Å². The molecule has 0 saturated carbocycles. The number of nitrogens with one attached hydrogen (secondary N) is 3. The SMILES string of the molecule is C=CN1C(=O)C(NC)(NC)CC1NC. The minimum atomic E-state index is -0.665. The molecule has 0 aromatic carbocycles. The van der Waals surface area contributed by atoms with Crippen LogP contribution < -0.4 is 16.0 Å². The van der Waals surface area contributed by atoms with Crippen LogP contribution in [0.1, 0.15) is 6.42 Å². The molecule has 1 amide bonds. The molecule has 0 aromatic heterocycles. The van der Waals surface area contributed by atoms with Gasteiger partial charge in [-0.15, -0.1) is 0 Å². The molecule has 0 spiro atoms. The van der Waals surface area contributed by atoms with E-state index in [9.17, 15) is 4.79 Å². The first kappa shape index (κ1) is 11.2. The molecule has 5 heteroatoms. The highest BCUT2D eigenvalue weighted by Crippen LogP contribution is 2.24. The highest BCUT2D eigenvalue weighted by molar-refractivity contribution is 5.89. The third-order valence-electron chi connectivity index (χ3n) is 2.82. The number of nitrogens with zero attached hydrogens (tertiary/aromatic N) is 1. The molecule has 0 aliphatic carbocycles. The van der Waals surface area contributed by atoms with Crippen molar-refractivity contribution >= 4 is 5.91 Å². The standard InChI is InChI=1S/C9H18N4O/c1-5-13-7(10-2)6-9(11-3,12-4)8(13)14/h5,7,10-12H,1,6H2,2-4H3. The van der Waals surface area contributed by atoms with Crippen molar-refractivity contribution in [3.63, 3.8) is 0 Å². The van der Waals surface area contributed by atoms with Crippen molar-refractivity contribution in [2.24, 2.45) is 0 Å². The Balaban J connectivity index is 2.95. The second-order valence-electron chi connectivity index (χ2n) is 3.31. The lowest BCUT2D eigenvalue weighted by Crippen LogP contribution is -2.58. The van der Waals surface area contributed by atoms with Gasteiger partial charge in [0.25, 0.3) is 5.91 Å². The quantitative estimate of drug-likeness (QED) is 0.509. The van der Waals surface area contributed by atoms with Crippen LogP contribution in [0.5, 0.6) is 0 Å². The molecular formula is C9H18N4O. The van der Waals surface area contributed by atoms with E-state index in [1.165, 1.54) is 0 Å². The molecule has 1 aliphatic heterocycles. The van der Waals surface area contributed by atoms with Gasteiger partial charge in [-0.2, -0.15) is 0 Å². The van der Waals surface area contributed by atoms with Crippen LogP contribution in [0.3, 0.4) is 0 Å². The van der Waals surface area contributed by atoms with Gasteiger partial charge in [-0.3, -0.25) is 20.7 Å². The second kappa shape index (κ2) is 4.08. The number of carbonyl (C=O) groups excluding carboxylic acids is 1. The number of likely N-dealkylation sites (tertiary alicyclic amines) is 1. The third-order valence-corrected chi connectivity index (χ3v) is 2.82. The summed E-state index contributed by atoms with van der Waals surface area (Å²) in [6.45, 7) is 3.63. The van der Waals surface area contributed by atoms with E-state index in [0.29, 0.717) is 6.42 Å². The Morgan fingerprint density at radius 1 is 1.50 bits per heavy atom. The molecule has 1 atom stereocenters. The number of amides is 1. The van der Waals surface area contributed by atoms with Crippen LogP contribution in [0.4, 0.5) is 0 Å². The Morgan fingerprint density at radius 3 is 2.36 bits per heavy atom. The number of carbonyl (C=O) groups is 1. The van der Waals surface area contributed by atoms with Gasteiger partial charge in [-0.25, -0.2) is 0 Å². The van der Waals surface area contributed by atoms with Gasteiger partial charge in [0.15, 0.2) is 5.66 Å². The van der Waals surface area contributed by atoms with E-state index in [-0.39, 0.29) is 12.1 Å². The molecule has 1 rings (SSSR count). The first-order valence-electron chi connectivity index (χ1n) is 4.65. The average Bonchev–Trinajstić information content (AvgIpc) is 2.51. The fourth-order valence-corrected chi connectivity index (χ4v) is 1.83. The van der Waals surface area contributed by atoms with E-state index in [1.54, 1.807) is 25.2 Å². The van der Waals surface area contributed by atoms with Crippen LogP contribution in [0.15, 0.2) is 12.8 Å². The first-order valence-corrected chi connectivity index (χ1v) is 4.65. The molecule has 0 bridgehead atoms. The zero-order valence-electron chi connectivity index (χ0n) is 8.92. The molecule has 1 fully saturated rings. The zero-order chi connectivity index (χ0) is 10.8. The average molecular weight is 198 g/mol. The van der Waals surface area contributed by atoms with E-state index in [1.807, 2.05) is 7.05 Å². The van der Waals surface area contributed by atoms with Crippen molar-refractivity contribution in [1.29, 1.82) is 0 Å². The predicted octanol–water partition coefficient (Wildman–Crippen LogP) is -0.957. The van der Waals surface area contributed by atoms with E-state index >= 15 is 0 Å². The molecule has 0 aromatic rings. The van der Waals surface area contributed by atoms with Gasteiger partial charge in [-0.1, -0.05) is 6.58 Å². The summed E-state index contributed by atoms with van der Waals surface area (Å²) in [5.74, 6) is -0.00292. The number of likely N-dealkylation sites (N-methyl/N-ethyl adjacent to an activating group) is 2. The lowest BCUT2D eigenvalue weighted by atomic mass is 10.1.